The molecule has 0 unspecified atom stereocenters. The molecule has 0 heterocycles. The molecule has 0 aliphatic carbocycles. The lowest BCUT2D eigenvalue weighted by molar-refractivity contribution is -0.138. The summed E-state index contributed by atoms with van der Waals surface area (Å²) in [6, 6.07) is -0.666. The first-order valence-corrected chi connectivity index (χ1v) is 3.61. The highest BCUT2D eigenvalue weighted by molar-refractivity contribution is 5.87. The molecule has 0 amide bonds. The van der Waals surface area contributed by atoms with Gasteiger partial charge in [0.2, 0.25) is 0 Å². The van der Waals surface area contributed by atoms with Crippen molar-refractivity contribution in [3.8, 4) is 0 Å². The van der Waals surface area contributed by atoms with E-state index >= 15 is 0 Å². The van der Waals surface area contributed by atoms with Gasteiger partial charge in [-0.25, -0.2) is 0 Å². The molecule has 0 aromatic rings. The largest absolute Gasteiger partial charge is 0.480 e. The average molecular weight is 171 g/mol. The second-order valence-corrected chi connectivity index (χ2v) is 2.64. The van der Waals surface area contributed by atoms with Crippen molar-refractivity contribution in [3.05, 3.63) is 11.8 Å². The van der Waals surface area contributed by atoms with E-state index in [1.165, 1.54) is 19.9 Å². The van der Waals surface area contributed by atoms with E-state index in [0.717, 1.165) is 0 Å². The lowest BCUT2D eigenvalue weighted by atomic mass is 10.3. The second kappa shape index (κ2) is 4.54. The van der Waals surface area contributed by atoms with Crippen molar-refractivity contribution in [2.24, 2.45) is 0 Å². The molecule has 0 aromatic heterocycles. The number of hydrogen-bond acceptors (Lipinski definition) is 3. The molecule has 4 nitrogen and oxygen atoms in total. The van der Waals surface area contributed by atoms with Crippen molar-refractivity contribution in [3.63, 3.8) is 0 Å². The number of allylic oxidation sites excluding steroid dienone is 2. The third kappa shape index (κ3) is 4.49. The molecule has 0 bridgehead atoms. The molecular weight excluding hydrogens is 158 g/mol. The SMILES string of the molecule is CC(=O)/C=C(\C)N[C@H](C)C(=O)O. The third-order valence-corrected chi connectivity index (χ3v) is 1.23. The van der Waals surface area contributed by atoms with Crippen molar-refractivity contribution in [2.75, 3.05) is 0 Å². The van der Waals surface area contributed by atoms with Gasteiger partial charge in [-0.15, -0.1) is 0 Å². The number of nitrogens with one attached hydrogen (secondary N) is 1. The summed E-state index contributed by atoms with van der Waals surface area (Å²) >= 11 is 0. The minimum absolute atomic E-state index is 0.0995. The van der Waals surface area contributed by atoms with E-state index in [2.05, 4.69) is 5.32 Å². The van der Waals surface area contributed by atoms with Crippen LogP contribution >= 0.6 is 0 Å². The van der Waals surface area contributed by atoms with Crippen LogP contribution in [-0.2, 0) is 9.59 Å². The molecule has 4 heteroatoms. The quantitative estimate of drug-likeness (QED) is 0.606. The molecule has 0 spiro atoms. The molecule has 0 fully saturated rings. The number of rotatable bonds is 4. The smallest absolute Gasteiger partial charge is 0.325 e. The van der Waals surface area contributed by atoms with Crippen LogP contribution in [0.4, 0.5) is 0 Å². The molecule has 2 N–H and O–H groups in total. The zero-order valence-electron chi connectivity index (χ0n) is 7.42. The number of aliphatic carboxylic acids is 1. The topological polar surface area (TPSA) is 66.4 Å². The van der Waals surface area contributed by atoms with Gasteiger partial charge >= 0.3 is 5.97 Å². The molecule has 12 heavy (non-hydrogen) atoms. The van der Waals surface area contributed by atoms with Gasteiger partial charge in [-0.1, -0.05) is 0 Å². The van der Waals surface area contributed by atoms with Crippen LogP contribution in [0, 0.1) is 0 Å². The second-order valence-electron chi connectivity index (χ2n) is 2.64. The Bertz CT molecular complexity index is 220. The molecule has 68 valence electrons. The van der Waals surface area contributed by atoms with Gasteiger partial charge in [0.15, 0.2) is 5.78 Å². The summed E-state index contributed by atoms with van der Waals surface area (Å²) < 4.78 is 0. The zero-order valence-corrected chi connectivity index (χ0v) is 7.42. The van der Waals surface area contributed by atoms with E-state index in [-0.39, 0.29) is 5.78 Å². The predicted octanol–water partition coefficient (Wildman–Crippen LogP) is 0.542. The van der Waals surface area contributed by atoms with Gasteiger partial charge in [0.1, 0.15) is 6.04 Å². The number of carbonyl (C=O) groups excluding carboxylic acids is 1. The Morgan fingerprint density at radius 2 is 1.92 bits per heavy atom. The summed E-state index contributed by atoms with van der Waals surface area (Å²) in [5.74, 6) is -1.04. The third-order valence-electron chi connectivity index (χ3n) is 1.23. The molecule has 1 atom stereocenters. The molecule has 0 saturated carbocycles. The van der Waals surface area contributed by atoms with Gasteiger partial charge in [0.05, 0.1) is 0 Å². The van der Waals surface area contributed by atoms with Crippen LogP contribution in [-0.4, -0.2) is 22.9 Å². The number of carbonyl (C=O) groups is 2. The molecular formula is C8H13NO3. The van der Waals surface area contributed by atoms with Crippen molar-refractivity contribution in [1.29, 1.82) is 0 Å². The Kier molecular flexibility index (Phi) is 4.04. The van der Waals surface area contributed by atoms with Crippen LogP contribution in [0.3, 0.4) is 0 Å². The Hall–Kier alpha value is -1.32. The number of carboxylic acids is 1. The number of hydrogen-bond donors (Lipinski definition) is 2. The van der Waals surface area contributed by atoms with E-state index < -0.39 is 12.0 Å². The lowest BCUT2D eigenvalue weighted by Gasteiger charge is -2.09. The maximum Gasteiger partial charge on any atom is 0.325 e. The van der Waals surface area contributed by atoms with E-state index in [1.807, 2.05) is 0 Å². The van der Waals surface area contributed by atoms with E-state index in [1.54, 1.807) is 6.92 Å². The number of carboxylic acid groups (broad SMARTS) is 1. The first kappa shape index (κ1) is 10.7. The highest BCUT2D eigenvalue weighted by Crippen LogP contribution is 1.91. The number of ketones is 1. The predicted molar refractivity (Wildman–Crippen MR) is 44.7 cm³/mol. The van der Waals surface area contributed by atoms with Gasteiger partial charge in [0.25, 0.3) is 0 Å². The maximum atomic E-state index is 10.5. The molecule has 0 radical (unpaired) electrons. The minimum atomic E-state index is -0.939. The Morgan fingerprint density at radius 1 is 1.42 bits per heavy atom. The standard InChI is InChI=1S/C8H13NO3/c1-5(4-6(2)10)9-7(3)8(11)12/h4,7,9H,1-3H3,(H,11,12)/b5-4+/t7-/m1/s1. The summed E-state index contributed by atoms with van der Waals surface area (Å²) in [4.78, 5) is 20.9. The fraction of sp³-hybridized carbons (Fsp3) is 0.500. The average Bonchev–Trinajstić information content (AvgIpc) is 1.84. The maximum absolute atomic E-state index is 10.5. The zero-order chi connectivity index (χ0) is 9.72. The highest BCUT2D eigenvalue weighted by Gasteiger charge is 2.09. The molecule has 0 aromatic carbocycles. The first-order valence-electron chi connectivity index (χ1n) is 3.61. The Labute approximate surface area is 71.3 Å². The summed E-state index contributed by atoms with van der Waals surface area (Å²) in [5.41, 5.74) is 0.567. The molecule has 0 rings (SSSR count). The fourth-order valence-corrected chi connectivity index (χ4v) is 0.750. The van der Waals surface area contributed by atoms with Crippen LogP contribution in [0.5, 0.6) is 0 Å². The van der Waals surface area contributed by atoms with Crippen molar-refractivity contribution in [2.45, 2.75) is 26.8 Å². The van der Waals surface area contributed by atoms with Gasteiger partial charge < -0.3 is 10.4 Å². The monoisotopic (exact) mass is 171 g/mol. The van der Waals surface area contributed by atoms with E-state index in [4.69, 9.17) is 5.11 Å². The normalized spacial score (nSPS) is 13.8. The summed E-state index contributed by atoms with van der Waals surface area (Å²) in [7, 11) is 0. The van der Waals surface area contributed by atoms with Crippen LogP contribution in [0.2, 0.25) is 0 Å². The van der Waals surface area contributed by atoms with Crippen molar-refractivity contribution < 1.29 is 14.7 Å². The van der Waals surface area contributed by atoms with Gasteiger partial charge in [-0.3, -0.25) is 9.59 Å². The van der Waals surface area contributed by atoms with Gasteiger partial charge in [0, 0.05) is 5.70 Å². The van der Waals surface area contributed by atoms with Crippen LogP contribution in [0.15, 0.2) is 11.8 Å². The first-order chi connectivity index (χ1) is 5.43. The van der Waals surface area contributed by atoms with E-state index in [0.29, 0.717) is 5.70 Å². The van der Waals surface area contributed by atoms with Crippen molar-refractivity contribution in [1.82, 2.24) is 5.32 Å². The van der Waals surface area contributed by atoms with Gasteiger partial charge in [-0.2, -0.15) is 0 Å². The highest BCUT2D eigenvalue weighted by atomic mass is 16.4. The summed E-state index contributed by atoms with van der Waals surface area (Å²) in [6.07, 6.45) is 1.36. The molecule has 0 aliphatic heterocycles. The van der Waals surface area contributed by atoms with Crippen LogP contribution in [0.25, 0.3) is 0 Å². The molecule has 0 aliphatic rings. The fourth-order valence-electron chi connectivity index (χ4n) is 0.750. The lowest BCUT2D eigenvalue weighted by Crippen LogP contribution is -2.32. The summed E-state index contributed by atoms with van der Waals surface area (Å²) in [5, 5.41) is 11.1. The van der Waals surface area contributed by atoms with E-state index in [9.17, 15) is 9.59 Å². The Balaban J connectivity index is 4.09. The minimum Gasteiger partial charge on any atom is -0.480 e. The molecule has 0 saturated heterocycles. The Morgan fingerprint density at radius 3 is 2.25 bits per heavy atom. The summed E-state index contributed by atoms with van der Waals surface area (Å²) in [6.45, 7) is 4.58. The van der Waals surface area contributed by atoms with Gasteiger partial charge in [-0.05, 0) is 26.8 Å². The van der Waals surface area contributed by atoms with Crippen molar-refractivity contribution >= 4 is 11.8 Å². The van der Waals surface area contributed by atoms with Crippen LogP contribution in [0.1, 0.15) is 20.8 Å². The van der Waals surface area contributed by atoms with Crippen LogP contribution < -0.4 is 5.32 Å².